The fourth-order valence-electron chi connectivity index (χ4n) is 1.96. The van der Waals surface area contributed by atoms with Gasteiger partial charge in [0.15, 0.2) is 0 Å². The highest BCUT2D eigenvalue weighted by Crippen LogP contribution is 2.35. The first-order valence-corrected chi connectivity index (χ1v) is 6.49. The van der Waals surface area contributed by atoms with Gasteiger partial charge in [0.25, 0.3) is 0 Å². The van der Waals surface area contributed by atoms with Crippen molar-refractivity contribution in [3.05, 3.63) is 41.5 Å². The average Bonchev–Trinajstić information content (AvgIpc) is 3.13. The fraction of sp³-hybridized carbons (Fsp3) is 0.357. The molecule has 0 bridgehead atoms. The molecule has 0 aliphatic heterocycles. The number of oxazole rings is 1. The number of benzene rings is 1. The Morgan fingerprint density at radius 2 is 2.05 bits per heavy atom. The van der Waals surface area contributed by atoms with Gasteiger partial charge in [-0.25, -0.2) is 9.37 Å². The number of nitrogens with one attached hydrogen (secondary N) is 1. The van der Waals surface area contributed by atoms with Crippen LogP contribution in [0.3, 0.4) is 0 Å². The van der Waals surface area contributed by atoms with Gasteiger partial charge in [0, 0.05) is 12.6 Å². The molecule has 0 unspecified atom stereocenters. The molecule has 0 radical (unpaired) electrons. The van der Waals surface area contributed by atoms with Crippen molar-refractivity contribution < 1.29 is 22.0 Å². The molecule has 1 aliphatic carbocycles. The van der Waals surface area contributed by atoms with E-state index in [1.165, 1.54) is 12.3 Å². The van der Waals surface area contributed by atoms with Crippen molar-refractivity contribution >= 4 is 0 Å². The zero-order valence-electron chi connectivity index (χ0n) is 10.9. The topological polar surface area (TPSA) is 38.1 Å². The van der Waals surface area contributed by atoms with Gasteiger partial charge in [-0.3, -0.25) is 0 Å². The van der Waals surface area contributed by atoms with Crippen molar-refractivity contribution in [3.8, 4) is 11.5 Å². The summed E-state index contributed by atoms with van der Waals surface area (Å²) in [5.41, 5.74) is -1.08. The lowest BCUT2D eigenvalue weighted by Gasteiger charge is -2.09. The molecule has 0 saturated heterocycles. The van der Waals surface area contributed by atoms with Crippen LogP contribution in [-0.4, -0.2) is 11.0 Å². The van der Waals surface area contributed by atoms with E-state index in [2.05, 4.69) is 10.3 Å². The molecular formula is C14H12F4N2O. The summed E-state index contributed by atoms with van der Waals surface area (Å²) in [6.07, 6.45) is -1.21. The van der Waals surface area contributed by atoms with Crippen LogP contribution in [0.15, 0.2) is 28.9 Å². The largest absolute Gasteiger partial charge is 0.444 e. The number of halogens is 4. The maximum absolute atomic E-state index is 14.0. The van der Waals surface area contributed by atoms with E-state index in [0.29, 0.717) is 24.3 Å². The molecule has 0 amide bonds. The zero-order valence-corrected chi connectivity index (χ0v) is 10.9. The Morgan fingerprint density at radius 1 is 1.29 bits per heavy atom. The van der Waals surface area contributed by atoms with E-state index in [1.807, 2.05) is 0 Å². The number of nitrogens with zero attached hydrogens (tertiary/aromatic N) is 1. The highest BCUT2D eigenvalue weighted by Gasteiger charge is 2.35. The molecule has 0 atom stereocenters. The monoisotopic (exact) mass is 300 g/mol. The number of hydrogen-bond donors (Lipinski definition) is 1. The molecule has 1 heterocycles. The Kier molecular flexibility index (Phi) is 3.44. The molecule has 112 valence electrons. The van der Waals surface area contributed by atoms with Crippen LogP contribution in [0, 0.1) is 5.82 Å². The van der Waals surface area contributed by atoms with Crippen LogP contribution in [0.25, 0.3) is 11.5 Å². The molecule has 3 rings (SSSR count). The van der Waals surface area contributed by atoms with Crippen molar-refractivity contribution in [2.75, 3.05) is 0 Å². The third-order valence-corrected chi connectivity index (χ3v) is 3.24. The van der Waals surface area contributed by atoms with Crippen LogP contribution in [0.1, 0.15) is 24.1 Å². The number of hydrogen-bond acceptors (Lipinski definition) is 3. The van der Waals surface area contributed by atoms with Crippen molar-refractivity contribution in [1.82, 2.24) is 10.3 Å². The quantitative estimate of drug-likeness (QED) is 0.874. The van der Waals surface area contributed by atoms with Gasteiger partial charge >= 0.3 is 6.18 Å². The van der Waals surface area contributed by atoms with E-state index < -0.39 is 17.6 Å². The third kappa shape index (κ3) is 3.07. The molecule has 0 spiro atoms. The van der Waals surface area contributed by atoms with Crippen molar-refractivity contribution in [2.24, 2.45) is 0 Å². The first-order chi connectivity index (χ1) is 9.95. The summed E-state index contributed by atoms with van der Waals surface area (Å²) in [6, 6.07) is 3.51. The first kappa shape index (κ1) is 14.1. The maximum atomic E-state index is 14.0. The standard InChI is InChI=1S/C14H12F4N2O/c15-12-10(2-1-3-11(12)14(16,17)18)13-20-9(7-21-13)6-19-8-4-5-8/h1-3,7-8,19H,4-6H2. The predicted molar refractivity (Wildman–Crippen MR) is 66.8 cm³/mol. The average molecular weight is 300 g/mol. The van der Waals surface area contributed by atoms with Gasteiger partial charge < -0.3 is 9.73 Å². The van der Waals surface area contributed by atoms with E-state index >= 15 is 0 Å². The molecule has 1 aromatic carbocycles. The summed E-state index contributed by atoms with van der Waals surface area (Å²) >= 11 is 0. The zero-order chi connectivity index (χ0) is 15.0. The third-order valence-electron chi connectivity index (χ3n) is 3.24. The molecular weight excluding hydrogens is 288 g/mol. The fourth-order valence-corrected chi connectivity index (χ4v) is 1.96. The lowest BCUT2D eigenvalue weighted by Crippen LogP contribution is -2.15. The Bertz CT molecular complexity index is 647. The van der Waals surface area contributed by atoms with Crippen molar-refractivity contribution in [3.63, 3.8) is 0 Å². The molecule has 21 heavy (non-hydrogen) atoms. The highest BCUT2D eigenvalue weighted by molar-refractivity contribution is 5.56. The molecule has 1 aromatic heterocycles. The molecule has 3 nitrogen and oxygen atoms in total. The Morgan fingerprint density at radius 3 is 2.71 bits per heavy atom. The Labute approximate surface area is 118 Å². The molecule has 1 aliphatic rings. The number of alkyl halides is 3. The van der Waals surface area contributed by atoms with Crippen LogP contribution >= 0.6 is 0 Å². The van der Waals surface area contributed by atoms with Crippen molar-refractivity contribution in [2.45, 2.75) is 31.6 Å². The second kappa shape index (κ2) is 5.14. The molecule has 1 saturated carbocycles. The van der Waals surface area contributed by atoms with E-state index in [9.17, 15) is 17.6 Å². The lowest BCUT2D eigenvalue weighted by atomic mass is 10.1. The summed E-state index contributed by atoms with van der Waals surface area (Å²) in [7, 11) is 0. The van der Waals surface area contributed by atoms with Gasteiger partial charge in [-0.15, -0.1) is 0 Å². The van der Waals surface area contributed by atoms with Gasteiger partial charge in [0.05, 0.1) is 16.8 Å². The van der Waals surface area contributed by atoms with Gasteiger partial charge in [-0.2, -0.15) is 13.2 Å². The van der Waals surface area contributed by atoms with E-state index in [1.54, 1.807) is 0 Å². The smallest absolute Gasteiger partial charge is 0.419 e. The van der Waals surface area contributed by atoms with Gasteiger partial charge in [0.2, 0.25) is 5.89 Å². The normalized spacial score (nSPS) is 15.4. The van der Waals surface area contributed by atoms with Gasteiger partial charge in [-0.05, 0) is 25.0 Å². The first-order valence-electron chi connectivity index (χ1n) is 6.49. The highest BCUT2D eigenvalue weighted by atomic mass is 19.4. The van der Waals surface area contributed by atoms with Gasteiger partial charge in [0.1, 0.15) is 12.1 Å². The summed E-state index contributed by atoms with van der Waals surface area (Å²) in [5, 5.41) is 3.19. The minimum Gasteiger partial charge on any atom is -0.444 e. The van der Waals surface area contributed by atoms with Crippen LogP contribution in [0.4, 0.5) is 17.6 Å². The SMILES string of the molecule is Fc1c(-c2nc(CNC3CC3)co2)cccc1C(F)(F)F. The second-order valence-corrected chi connectivity index (χ2v) is 4.96. The predicted octanol–water partition coefficient (Wildman–Crippen LogP) is 3.75. The van der Waals surface area contributed by atoms with Crippen molar-refractivity contribution in [1.29, 1.82) is 0 Å². The van der Waals surface area contributed by atoms with E-state index in [4.69, 9.17) is 4.42 Å². The minimum absolute atomic E-state index is 0.147. The van der Waals surface area contributed by atoms with Gasteiger partial charge in [-0.1, -0.05) is 6.07 Å². The summed E-state index contributed by atoms with van der Waals surface area (Å²) in [4.78, 5) is 4.03. The molecule has 1 fully saturated rings. The van der Waals surface area contributed by atoms with E-state index in [0.717, 1.165) is 18.9 Å². The maximum Gasteiger partial charge on any atom is 0.419 e. The number of aromatic nitrogens is 1. The summed E-state index contributed by atoms with van der Waals surface area (Å²) < 4.78 is 57.0. The van der Waals surface area contributed by atoms with Crippen LogP contribution in [-0.2, 0) is 12.7 Å². The van der Waals surface area contributed by atoms with E-state index in [-0.39, 0.29) is 11.5 Å². The lowest BCUT2D eigenvalue weighted by molar-refractivity contribution is -0.139. The minimum atomic E-state index is -4.75. The Hall–Kier alpha value is -1.89. The summed E-state index contributed by atoms with van der Waals surface area (Å²) in [6.45, 7) is 0.453. The molecule has 2 aromatic rings. The molecule has 7 heteroatoms. The Balaban J connectivity index is 1.86. The summed E-state index contributed by atoms with van der Waals surface area (Å²) in [5.74, 6) is -1.51. The van der Waals surface area contributed by atoms with Crippen LogP contribution in [0.5, 0.6) is 0 Å². The van der Waals surface area contributed by atoms with Crippen LogP contribution < -0.4 is 5.32 Å². The van der Waals surface area contributed by atoms with Crippen LogP contribution in [0.2, 0.25) is 0 Å². The molecule has 1 N–H and O–H groups in total. The second-order valence-electron chi connectivity index (χ2n) is 4.96. The number of rotatable bonds is 4.